The lowest BCUT2D eigenvalue weighted by atomic mass is 10.1. The molecule has 0 saturated carbocycles. The molecular formula is C6H14N2O2S. The van der Waals surface area contributed by atoms with Gasteiger partial charge in [-0.05, 0) is 25.8 Å². The van der Waals surface area contributed by atoms with Gasteiger partial charge in [0.25, 0.3) is 0 Å². The maximum Gasteiger partial charge on any atom is 0.210 e. The average Bonchev–Trinajstić information content (AvgIpc) is 1.85. The lowest BCUT2D eigenvalue weighted by molar-refractivity contribution is 0.383. The van der Waals surface area contributed by atoms with Gasteiger partial charge in [0.05, 0.1) is 12.4 Å². The number of piperidine rings is 1. The van der Waals surface area contributed by atoms with E-state index in [0.29, 0.717) is 0 Å². The Labute approximate surface area is 67.4 Å². The molecule has 5 heteroatoms. The van der Waals surface area contributed by atoms with Gasteiger partial charge in [-0.3, -0.25) is 0 Å². The van der Waals surface area contributed by atoms with Crippen LogP contribution in [0.15, 0.2) is 0 Å². The summed E-state index contributed by atoms with van der Waals surface area (Å²) in [6.07, 6.45) is 4.28. The lowest BCUT2D eigenvalue weighted by Crippen LogP contribution is -2.47. The Morgan fingerprint density at radius 2 is 2.18 bits per heavy atom. The van der Waals surface area contributed by atoms with Crippen molar-refractivity contribution in [3.05, 3.63) is 0 Å². The third-order valence-electron chi connectivity index (χ3n) is 1.67. The van der Waals surface area contributed by atoms with Gasteiger partial charge >= 0.3 is 0 Å². The van der Waals surface area contributed by atoms with Crippen LogP contribution in [0.2, 0.25) is 0 Å². The van der Waals surface area contributed by atoms with Crippen LogP contribution >= 0.6 is 0 Å². The van der Waals surface area contributed by atoms with Crippen molar-refractivity contribution in [2.45, 2.75) is 25.4 Å². The molecule has 0 aromatic heterocycles. The lowest BCUT2D eigenvalue weighted by Gasteiger charge is -2.23. The second-order valence-corrected chi connectivity index (χ2v) is 4.67. The zero-order chi connectivity index (χ0) is 8.32. The van der Waals surface area contributed by atoms with E-state index in [0.717, 1.165) is 25.8 Å². The molecule has 0 radical (unpaired) electrons. The van der Waals surface area contributed by atoms with Crippen LogP contribution < -0.4 is 10.0 Å². The zero-order valence-corrected chi connectivity index (χ0v) is 7.45. The maximum absolute atomic E-state index is 10.7. The minimum Gasteiger partial charge on any atom is -0.301 e. The highest BCUT2D eigenvalue weighted by Gasteiger charge is 2.15. The van der Waals surface area contributed by atoms with E-state index in [-0.39, 0.29) is 6.17 Å². The Morgan fingerprint density at radius 1 is 1.45 bits per heavy atom. The van der Waals surface area contributed by atoms with E-state index >= 15 is 0 Å². The van der Waals surface area contributed by atoms with Crippen molar-refractivity contribution in [2.24, 2.45) is 0 Å². The SMILES string of the molecule is CS(=O)(=O)NC1CCCCN1. The minimum absolute atomic E-state index is 0.0428. The van der Waals surface area contributed by atoms with Crippen LogP contribution in [0, 0.1) is 0 Å². The molecule has 11 heavy (non-hydrogen) atoms. The molecule has 1 unspecified atom stereocenters. The monoisotopic (exact) mass is 178 g/mol. The summed E-state index contributed by atoms with van der Waals surface area (Å²) in [5.41, 5.74) is 0. The highest BCUT2D eigenvalue weighted by molar-refractivity contribution is 7.88. The van der Waals surface area contributed by atoms with Gasteiger partial charge in [-0.25, -0.2) is 8.42 Å². The quantitative estimate of drug-likeness (QED) is 0.607. The van der Waals surface area contributed by atoms with Crippen molar-refractivity contribution in [3.63, 3.8) is 0 Å². The highest BCUT2D eigenvalue weighted by Crippen LogP contribution is 2.04. The fraction of sp³-hybridized carbons (Fsp3) is 1.00. The first-order valence-corrected chi connectivity index (χ1v) is 5.68. The largest absolute Gasteiger partial charge is 0.301 e. The minimum atomic E-state index is -3.04. The molecule has 0 aliphatic carbocycles. The third kappa shape index (κ3) is 3.69. The van der Waals surface area contributed by atoms with Gasteiger partial charge in [0.1, 0.15) is 0 Å². The van der Waals surface area contributed by atoms with Gasteiger partial charge in [0.2, 0.25) is 10.0 Å². The summed E-state index contributed by atoms with van der Waals surface area (Å²) in [5, 5.41) is 3.09. The zero-order valence-electron chi connectivity index (χ0n) is 6.63. The number of nitrogens with one attached hydrogen (secondary N) is 2. The number of hydrogen-bond donors (Lipinski definition) is 2. The molecule has 1 aliphatic heterocycles. The fourth-order valence-corrected chi connectivity index (χ4v) is 1.93. The number of hydrogen-bond acceptors (Lipinski definition) is 3. The molecule has 1 aliphatic rings. The molecule has 1 rings (SSSR count). The van der Waals surface area contributed by atoms with Crippen molar-refractivity contribution >= 4 is 10.0 Å². The van der Waals surface area contributed by atoms with Crippen LogP contribution in [0.3, 0.4) is 0 Å². The van der Waals surface area contributed by atoms with E-state index in [1.54, 1.807) is 0 Å². The molecule has 0 aromatic carbocycles. The standard InChI is InChI=1S/C6H14N2O2S/c1-11(9,10)8-6-4-2-3-5-7-6/h6-8H,2-5H2,1H3. The molecule has 4 nitrogen and oxygen atoms in total. The Bertz CT molecular complexity index is 207. The van der Waals surface area contributed by atoms with Crippen molar-refractivity contribution in [1.29, 1.82) is 0 Å². The number of rotatable bonds is 2. The molecule has 1 atom stereocenters. The summed E-state index contributed by atoms with van der Waals surface area (Å²) in [4.78, 5) is 0. The molecule has 0 amide bonds. The Hall–Kier alpha value is -0.130. The van der Waals surface area contributed by atoms with Crippen molar-refractivity contribution in [3.8, 4) is 0 Å². The van der Waals surface area contributed by atoms with Crippen LogP contribution in [0.25, 0.3) is 0 Å². The molecule has 66 valence electrons. The topological polar surface area (TPSA) is 58.2 Å². The van der Waals surface area contributed by atoms with E-state index in [1.165, 1.54) is 6.26 Å². The van der Waals surface area contributed by atoms with Gasteiger partial charge < -0.3 is 5.32 Å². The van der Waals surface area contributed by atoms with Gasteiger partial charge in [-0.1, -0.05) is 0 Å². The smallest absolute Gasteiger partial charge is 0.210 e. The van der Waals surface area contributed by atoms with Crippen LogP contribution in [0.4, 0.5) is 0 Å². The molecule has 2 N–H and O–H groups in total. The molecule has 1 heterocycles. The van der Waals surface area contributed by atoms with Crippen LogP contribution in [0.5, 0.6) is 0 Å². The summed E-state index contributed by atoms with van der Waals surface area (Å²) in [7, 11) is -3.04. The second kappa shape index (κ2) is 3.51. The summed E-state index contributed by atoms with van der Waals surface area (Å²) in [5.74, 6) is 0. The van der Waals surface area contributed by atoms with Crippen LogP contribution in [-0.4, -0.2) is 27.4 Å². The first kappa shape index (κ1) is 8.96. The summed E-state index contributed by atoms with van der Waals surface area (Å²) >= 11 is 0. The van der Waals surface area contributed by atoms with Crippen molar-refractivity contribution in [1.82, 2.24) is 10.0 Å². The van der Waals surface area contributed by atoms with E-state index in [2.05, 4.69) is 10.0 Å². The third-order valence-corrected chi connectivity index (χ3v) is 2.38. The second-order valence-electron chi connectivity index (χ2n) is 2.89. The highest BCUT2D eigenvalue weighted by atomic mass is 32.2. The molecular weight excluding hydrogens is 164 g/mol. The normalized spacial score (nSPS) is 26.8. The molecule has 1 fully saturated rings. The molecule has 1 saturated heterocycles. The Balaban J connectivity index is 2.36. The van der Waals surface area contributed by atoms with Gasteiger partial charge in [0.15, 0.2) is 0 Å². The average molecular weight is 178 g/mol. The van der Waals surface area contributed by atoms with Gasteiger partial charge in [0, 0.05) is 0 Å². The van der Waals surface area contributed by atoms with Crippen molar-refractivity contribution < 1.29 is 8.42 Å². The van der Waals surface area contributed by atoms with E-state index in [1.807, 2.05) is 0 Å². The van der Waals surface area contributed by atoms with E-state index < -0.39 is 10.0 Å². The fourth-order valence-electron chi connectivity index (χ4n) is 1.21. The van der Waals surface area contributed by atoms with Gasteiger partial charge in [-0.2, -0.15) is 4.72 Å². The summed E-state index contributed by atoms with van der Waals surface area (Å²) in [6, 6.07) is 0. The van der Waals surface area contributed by atoms with E-state index in [4.69, 9.17) is 0 Å². The molecule has 0 bridgehead atoms. The predicted molar refractivity (Wildman–Crippen MR) is 43.6 cm³/mol. The first-order chi connectivity index (χ1) is 5.08. The summed E-state index contributed by atoms with van der Waals surface area (Å²) < 4.78 is 24.0. The van der Waals surface area contributed by atoms with Gasteiger partial charge in [-0.15, -0.1) is 0 Å². The maximum atomic E-state index is 10.7. The van der Waals surface area contributed by atoms with Crippen molar-refractivity contribution in [2.75, 3.05) is 12.8 Å². The predicted octanol–water partition coefficient (Wildman–Crippen LogP) is -0.365. The first-order valence-electron chi connectivity index (χ1n) is 3.78. The van der Waals surface area contributed by atoms with Crippen LogP contribution in [0.1, 0.15) is 19.3 Å². The van der Waals surface area contributed by atoms with E-state index in [9.17, 15) is 8.42 Å². The number of sulfonamides is 1. The van der Waals surface area contributed by atoms with Crippen LogP contribution in [-0.2, 0) is 10.0 Å². The molecule has 0 aromatic rings. The summed E-state index contributed by atoms with van der Waals surface area (Å²) in [6.45, 7) is 0.910. The molecule has 0 spiro atoms. The Kier molecular flexibility index (Phi) is 2.86. The Morgan fingerprint density at radius 3 is 2.64 bits per heavy atom.